The number of aromatic nitrogens is 2. The van der Waals surface area contributed by atoms with Crippen molar-refractivity contribution < 1.29 is 4.74 Å². The Labute approximate surface area is 179 Å². The van der Waals surface area contributed by atoms with Gasteiger partial charge in [-0.1, -0.05) is 18.2 Å². The van der Waals surface area contributed by atoms with Gasteiger partial charge in [0.2, 0.25) is 0 Å². The van der Waals surface area contributed by atoms with Crippen LogP contribution in [0.15, 0.2) is 47.6 Å². The van der Waals surface area contributed by atoms with E-state index in [4.69, 9.17) is 9.73 Å². The van der Waals surface area contributed by atoms with Crippen LogP contribution in [-0.4, -0.2) is 54.0 Å². The first-order valence-electron chi connectivity index (χ1n) is 9.43. The van der Waals surface area contributed by atoms with Gasteiger partial charge < -0.3 is 15.0 Å². The summed E-state index contributed by atoms with van der Waals surface area (Å²) in [6.45, 7) is 5.94. The van der Waals surface area contributed by atoms with E-state index in [9.17, 15) is 0 Å². The fourth-order valence-electron chi connectivity index (χ4n) is 2.64. The van der Waals surface area contributed by atoms with Crippen molar-refractivity contribution in [3.8, 4) is 5.69 Å². The molecule has 148 valence electrons. The van der Waals surface area contributed by atoms with Gasteiger partial charge in [0, 0.05) is 32.9 Å². The number of halogens is 1. The lowest BCUT2D eigenvalue weighted by atomic mass is 10.3. The second-order valence-electron chi connectivity index (χ2n) is 6.70. The Kier molecular flexibility index (Phi) is 9.06. The van der Waals surface area contributed by atoms with E-state index in [-0.39, 0.29) is 24.0 Å². The lowest BCUT2D eigenvalue weighted by molar-refractivity contribution is 0.115. The van der Waals surface area contributed by atoms with Crippen molar-refractivity contribution in [1.82, 2.24) is 20.0 Å². The van der Waals surface area contributed by atoms with Crippen LogP contribution in [0.3, 0.4) is 0 Å². The van der Waals surface area contributed by atoms with Crippen molar-refractivity contribution >= 4 is 29.9 Å². The second kappa shape index (κ2) is 11.3. The summed E-state index contributed by atoms with van der Waals surface area (Å²) >= 11 is 0. The molecule has 0 spiro atoms. The number of nitrogens with zero attached hydrogens (tertiary/aromatic N) is 4. The molecule has 0 amide bonds. The molecular formula is C20H30IN5O. The predicted molar refractivity (Wildman–Crippen MR) is 120 cm³/mol. The predicted octanol–water partition coefficient (Wildman–Crippen LogP) is 3.31. The highest BCUT2D eigenvalue weighted by Gasteiger charge is 2.21. The summed E-state index contributed by atoms with van der Waals surface area (Å²) in [7, 11) is 2.05. The van der Waals surface area contributed by atoms with E-state index in [1.807, 2.05) is 54.3 Å². The van der Waals surface area contributed by atoms with Crippen LogP contribution >= 0.6 is 24.0 Å². The summed E-state index contributed by atoms with van der Waals surface area (Å²) in [5.74, 6) is 1.69. The van der Waals surface area contributed by atoms with Gasteiger partial charge in [0.25, 0.3) is 0 Å². The number of nitrogens with one attached hydrogen (secondary N) is 1. The molecule has 1 aromatic heterocycles. The first kappa shape index (κ1) is 21.7. The molecule has 1 fully saturated rings. The Balaban J connectivity index is 0.00000261. The summed E-state index contributed by atoms with van der Waals surface area (Å²) in [4.78, 5) is 6.83. The number of para-hydroxylation sites is 1. The highest BCUT2D eigenvalue weighted by Crippen LogP contribution is 2.28. The van der Waals surface area contributed by atoms with Crippen LogP contribution in [0, 0.1) is 5.92 Å². The summed E-state index contributed by atoms with van der Waals surface area (Å²) in [6, 6.07) is 12.1. The van der Waals surface area contributed by atoms with E-state index in [0.29, 0.717) is 6.54 Å². The minimum Gasteiger partial charge on any atom is -0.379 e. The lowest BCUT2D eigenvalue weighted by Gasteiger charge is -2.21. The van der Waals surface area contributed by atoms with Gasteiger partial charge in [0.15, 0.2) is 5.96 Å². The molecule has 0 unspecified atom stereocenters. The van der Waals surface area contributed by atoms with Gasteiger partial charge in [-0.3, -0.25) is 0 Å². The molecule has 1 N–H and O–H groups in total. The van der Waals surface area contributed by atoms with Crippen molar-refractivity contribution in [1.29, 1.82) is 0 Å². The summed E-state index contributed by atoms with van der Waals surface area (Å²) in [6.07, 6.45) is 4.63. The fourth-order valence-corrected chi connectivity index (χ4v) is 2.64. The SMILES string of the molecule is CCNC(=NCc1ccn(-c2ccccc2)n1)N(C)CCOCC1CC1.I. The quantitative estimate of drug-likeness (QED) is 0.258. The van der Waals surface area contributed by atoms with Gasteiger partial charge >= 0.3 is 0 Å². The average Bonchev–Trinajstić information content (AvgIpc) is 3.38. The zero-order chi connectivity index (χ0) is 18.2. The van der Waals surface area contributed by atoms with Gasteiger partial charge in [-0.05, 0) is 43.9 Å². The smallest absolute Gasteiger partial charge is 0.194 e. The standard InChI is InChI=1S/C20H29N5O.HI/c1-3-21-20(24(2)13-14-26-16-17-9-10-17)22-15-18-11-12-25(23-18)19-7-5-4-6-8-19;/h4-8,11-12,17H,3,9-10,13-16H2,1-2H3,(H,21,22);1H. The molecule has 0 saturated heterocycles. The number of guanidine groups is 1. The van der Waals surface area contributed by atoms with Crippen LogP contribution in [0.25, 0.3) is 5.69 Å². The first-order chi connectivity index (χ1) is 12.8. The van der Waals surface area contributed by atoms with Crippen LogP contribution in [0.1, 0.15) is 25.5 Å². The van der Waals surface area contributed by atoms with Crippen molar-refractivity contribution in [2.24, 2.45) is 10.9 Å². The maximum atomic E-state index is 5.73. The van der Waals surface area contributed by atoms with Crippen LogP contribution in [0.2, 0.25) is 0 Å². The maximum Gasteiger partial charge on any atom is 0.194 e. The van der Waals surface area contributed by atoms with E-state index in [0.717, 1.165) is 49.6 Å². The van der Waals surface area contributed by atoms with Crippen LogP contribution in [0.5, 0.6) is 0 Å². The minimum absolute atomic E-state index is 0. The highest BCUT2D eigenvalue weighted by molar-refractivity contribution is 14.0. The van der Waals surface area contributed by atoms with E-state index >= 15 is 0 Å². The molecule has 0 bridgehead atoms. The molecule has 7 heteroatoms. The Morgan fingerprint density at radius 2 is 2.07 bits per heavy atom. The zero-order valence-corrected chi connectivity index (χ0v) is 18.5. The monoisotopic (exact) mass is 483 g/mol. The van der Waals surface area contributed by atoms with E-state index in [2.05, 4.69) is 22.2 Å². The molecule has 3 rings (SSSR count). The minimum atomic E-state index is 0. The van der Waals surface area contributed by atoms with Gasteiger partial charge in [-0.2, -0.15) is 5.10 Å². The molecule has 1 heterocycles. The normalized spacial score (nSPS) is 13.9. The fraction of sp³-hybridized carbons (Fsp3) is 0.500. The summed E-state index contributed by atoms with van der Waals surface area (Å²) in [5.41, 5.74) is 2.00. The van der Waals surface area contributed by atoms with Gasteiger partial charge in [-0.25, -0.2) is 9.67 Å². The number of rotatable bonds is 9. The molecule has 1 aromatic carbocycles. The van der Waals surface area contributed by atoms with Crippen molar-refractivity contribution in [3.05, 3.63) is 48.3 Å². The largest absolute Gasteiger partial charge is 0.379 e. The highest BCUT2D eigenvalue weighted by atomic mass is 127. The molecule has 1 aliphatic rings. The zero-order valence-electron chi connectivity index (χ0n) is 16.2. The van der Waals surface area contributed by atoms with Crippen molar-refractivity contribution in [3.63, 3.8) is 0 Å². The number of hydrogen-bond donors (Lipinski definition) is 1. The number of benzene rings is 1. The Morgan fingerprint density at radius 1 is 1.30 bits per heavy atom. The number of likely N-dealkylation sites (N-methyl/N-ethyl adjacent to an activating group) is 1. The summed E-state index contributed by atoms with van der Waals surface area (Å²) < 4.78 is 7.61. The number of aliphatic imine (C=N–C) groups is 1. The number of hydrogen-bond acceptors (Lipinski definition) is 3. The Hall–Kier alpha value is -1.61. The third-order valence-electron chi connectivity index (χ3n) is 4.37. The van der Waals surface area contributed by atoms with E-state index < -0.39 is 0 Å². The molecule has 0 aliphatic heterocycles. The molecule has 6 nitrogen and oxygen atoms in total. The third kappa shape index (κ3) is 7.14. The molecule has 0 radical (unpaired) electrons. The number of ether oxygens (including phenoxy) is 1. The molecule has 2 aromatic rings. The van der Waals surface area contributed by atoms with E-state index in [1.165, 1.54) is 12.8 Å². The molecule has 0 atom stereocenters. The lowest BCUT2D eigenvalue weighted by Crippen LogP contribution is -2.40. The maximum absolute atomic E-state index is 5.73. The molecule has 1 aliphatic carbocycles. The molecule has 1 saturated carbocycles. The average molecular weight is 483 g/mol. The van der Waals surface area contributed by atoms with E-state index in [1.54, 1.807) is 0 Å². The van der Waals surface area contributed by atoms with Gasteiger partial charge in [-0.15, -0.1) is 24.0 Å². The molecule has 27 heavy (non-hydrogen) atoms. The molecular weight excluding hydrogens is 453 g/mol. The Bertz CT molecular complexity index is 699. The topological polar surface area (TPSA) is 54.7 Å². The first-order valence-corrected chi connectivity index (χ1v) is 9.43. The van der Waals surface area contributed by atoms with Gasteiger partial charge in [0.1, 0.15) is 0 Å². The van der Waals surface area contributed by atoms with Crippen LogP contribution in [-0.2, 0) is 11.3 Å². The van der Waals surface area contributed by atoms with Crippen LogP contribution in [0.4, 0.5) is 0 Å². The second-order valence-corrected chi connectivity index (χ2v) is 6.70. The third-order valence-corrected chi connectivity index (χ3v) is 4.37. The van der Waals surface area contributed by atoms with Crippen LogP contribution < -0.4 is 5.32 Å². The summed E-state index contributed by atoms with van der Waals surface area (Å²) in [5, 5.41) is 7.95. The van der Waals surface area contributed by atoms with Crippen molar-refractivity contribution in [2.75, 3.05) is 33.4 Å². The van der Waals surface area contributed by atoms with Gasteiger partial charge in [0.05, 0.1) is 24.5 Å². The Morgan fingerprint density at radius 3 is 2.78 bits per heavy atom. The van der Waals surface area contributed by atoms with Crippen molar-refractivity contribution in [2.45, 2.75) is 26.3 Å².